The van der Waals surface area contributed by atoms with Crippen LogP contribution in [-0.4, -0.2) is 36.5 Å². The van der Waals surface area contributed by atoms with Crippen molar-refractivity contribution in [1.29, 1.82) is 0 Å². The first-order valence-electron chi connectivity index (χ1n) is 6.84. The van der Waals surface area contributed by atoms with Gasteiger partial charge in [0, 0.05) is 0 Å². The van der Waals surface area contributed by atoms with Gasteiger partial charge in [-0.1, -0.05) is 12.1 Å². The van der Waals surface area contributed by atoms with Crippen LogP contribution in [0.15, 0.2) is 24.3 Å². The summed E-state index contributed by atoms with van der Waals surface area (Å²) in [6, 6.07) is 7.56. The second-order valence-electron chi connectivity index (χ2n) is 5.29. The number of benzene rings is 1. The molecule has 0 saturated carbocycles. The highest BCUT2D eigenvalue weighted by Crippen LogP contribution is 2.26. The summed E-state index contributed by atoms with van der Waals surface area (Å²) in [4.78, 5) is 14.4. The molecule has 0 bridgehead atoms. The summed E-state index contributed by atoms with van der Waals surface area (Å²) >= 11 is 0. The van der Waals surface area contributed by atoms with Crippen molar-refractivity contribution < 1.29 is 9.53 Å². The molecule has 1 aromatic rings. The molecule has 1 aliphatic rings. The van der Waals surface area contributed by atoms with Gasteiger partial charge in [0.05, 0.1) is 17.8 Å². The van der Waals surface area contributed by atoms with Gasteiger partial charge in [-0.05, 0) is 52.4 Å². The molecule has 0 aromatic heterocycles. The zero-order valence-corrected chi connectivity index (χ0v) is 11.8. The van der Waals surface area contributed by atoms with E-state index in [0.29, 0.717) is 0 Å². The normalized spacial score (nSPS) is 19.7. The van der Waals surface area contributed by atoms with Gasteiger partial charge in [0.25, 0.3) is 0 Å². The number of carbonyl (C=O) groups is 1. The van der Waals surface area contributed by atoms with Gasteiger partial charge in [-0.3, -0.25) is 9.69 Å². The molecule has 0 aliphatic carbocycles. The fraction of sp³-hybridized carbons (Fsp3) is 0.533. The van der Waals surface area contributed by atoms with Crippen LogP contribution >= 0.6 is 0 Å². The molecule has 1 amide bonds. The number of para-hydroxylation sites is 2. The van der Waals surface area contributed by atoms with Crippen LogP contribution in [0.25, 0.3) is 0 Å². The molecule has 1 aliphatic heterocycles. The Balaban J connectivity index is 2.08. The molecule has 0 radical (unpaired) electrons. The Morgan fingerprint density at radius 2 is 2.16 bits per heavy atom. The molecule has 1 fully saturated rings. The molecule has 1 unspecified atom stereocenters. The van der Waals surface area contributed by atoms with Crippen LogP contribution < -0.4 is 10.1 Å². The third-order valence-electron chi connectivity index (χ3n) is 3.33. The maximum absolute atomic E-state index is 12.3. The average Bonchev–Trinajstić information content (AvgIpc) is 2.77. The van der Waals surface area contributed by atoms with Crippen molar-refractivity contribution in [3.8, 4) is 5.75 Å². The second-order valence-corrected chi connectivity index (χ2v) is 5.29. The van der Waals surface area contributed by atoms with Crippen molar-refractivity contribution in [2.45, 2.75) is 38.8 Å². The number of hydrogen-bond acceptors (Lipinski definition) is 3. The number of nitrogens with zero attached hydrogens (tertiary/aromatic N) is 1. The van der Waals surface area contributed by atoms with Gasteiger partial charge in [0.2, 0.25) is 5.91 Å². The lowest BCUT2D eigenvalue weighted by atomic mass is 10.2. The van der Waals surface area contributed by atoms with Crippen molar-refractivity contribution in [2.24, 2.45) is 0 Å². The number of likely N-dealkylation sites (N-methyl/N-ethyl adjacent to an activating group) is 1. The molecular weight excluding hydrogens is 240 g/mol. The van der Waals surface area contributed by atoms with Gasteiger partial charge >= 0.3 is 0 Å². The van der Waals surface area contributed by atoms with Gasteiger partial charge < -0.3 is 10.1 Å². The summed E-state index contributed by atoms with van der Waals surface area (Å²) in [5, 5.41) is 2.98. The topological polar surface area (TPSA) is 41.6 Å². The van der Waals surface area contributed by atoms with E-state index in [1.54, 1.807) is 0 Å². The van der Waals surface area contributed by atoms with E-state index >= 15 is 0 Å². The number of anilines is 1. The largest absolute Gasteiger partial charge is 0.489 e. The molecule has 1 aromatic carbocycles. The van der Waals surface area contributed by atoms with Crippen LogP contribution in [0.3, 0.4) is 0 Å². The fourth-order valence-corrected chi connectivity index (χ4v) is 2.38. The Kier molecular flexibility index (Phi) is 4.43. The third kappa shape index (κ3) is 3.47. The zero-order valence-electron chi connectivity index (χ0n) is 11.8. The summed E-state index contributed by atoms with van der Waals surface area (Å²) < 4.78 is 5.71. The third-order valence-corrected chi connectivity index (χ3v) is 3.33. The Labute approximate surface area is 114 Å². The Hall–Kier alpha value is -1.55. The van der Waals surface area contributed by atoms with Crippen molar-refractivity contribution in [3.05, 3.63) is 24.3 Å². The van der Waals surface area contributed by atoms with Gasteiger partial charge in [-0.15, -0.1) is 0 Å². The molecular formula is C15H22N2O2. The van der Waals surface area contributed by atoms with E-state index in [1.807, 2.05) is 45.2 Å². The number of carbonyl (C=O) groups excluding carboxylic acids is 1. The molecule has 0 spiro atoms. The van der Waals surface area contributed by atoms with Crippen LogP contribution in [0.1, 0.15) is 26.7 Å². The van der Waals surface area contributed by atoms with E-state index in [0.717, 1.165) is 30.8 Å². The molecule has 2 rings (SSSR count). The van der Waals surface area contributed by atoms with E-state index in [2.05, 4.69) is 10.2 Å². The molecule has 1 atom stereocenters. The SMILES string of the molecule is CC(C)Oc1ccccc1NC(=O)C1CCCN1C. The summed E-state index contributed by atoms with van der Waals surface area (Å²) in [6.07, 6.45) is 2.10. The first-order chi connectivity index (χ1) is 9.08. The predicted molar refractivity (Wildman–Crippen MR) is 76.5 cm³/mol. The van der Waals surface area contributed by atoms with Crippen molar-refractivity contribution in [1.82, 2.24) is 4.90 Å². The average molecular weight is 262 g/mol. The molecule has 1 heterocycles. The van der Waals surface area contributed by atoms with E-state index in [1.165, 1.54) is 0 Å². The quantitative estimate of drug-likeness (QED) is 0.906. The Bertz CT molecular complexity index is 446. The molecule has 19 heavy (non-hydrogen) atoms. The van der Waals surface area contributed by atoms with Crippen LogP contribution in [0.2, 0.25) is 0 Å². The van der Waals surface area contributed by atoms with Gasteiger partial charge in [-0.2, -0.15) is 0 Å². The van der Waals surface area contributed by atoms with Crippen molar-refractivity contribution in [2.75, 3.05) is 18.9 Å². The molecule has 1 N–H and O–H groups in total. The molecule has 104 valence electrons. The minimum absolute atomic E-state index is 0.0212. The zero-order chi connectivity index (χ0) is 13.8. The lowest BCUT2D eigenvalue weighted by Crippen LogP contribution is -2.37. The maximum Gasteiger partial charge on any atom is 0.241 e. The first-order valence-corrected chi connectivity index (χ1v) is 6.84. The molecule has 4 nitrogen and oxygen atoms in total. The van der Waals surface area contributed by atoms with Crippen LogP contribution in [0.5, 0.6) is 5.75 Å². The summed E-state index contributed by atoms with van der Waals surface area (Å²) in [5.41, 5.74) is 0.751. The second kappa shape index (κ2) is 6.06. The number of hydrogen-bond donors (Lipinski definition) is 1. The number of rotatable bonds is 4. The van der Waals surface area contributed by atoms with Gasteiger partial charge in [0.1, 0.15) is 5.75 Å². The number of ether oxygens (including phenoxy) is 1. The van der Waals surface area contributed by atoms with Crippen molar-refractivity contribution >= 4 is 11.6 Å². The first kappa shape index (κ1) is 13.9. The summed E-state index contributed by atoms with van der Waals surface area (Å²) in [5.74, 6) is 0.784. The Morgan fingerprint density at radius 3 is 2.79 bits per heavy atom. The van der Waals surface area contributed by atoms with Gasteiger partial charge in [-0.25, -0.2) is 0 Å². The minimum atomic E-state index is -0.0212. The number of likely N-dealkylation sites (tertiary alicyclic amines) is 1. The standard InChI is InChI=1S/C15H22N2O2/c1-11(2)19-14-9-5-4-7-12(14)16-15(18)13-8-6-10-17(13)3/h4-5,7,9,11,13H,6,8,10H2,1-3H3,(H,16,18). The van der Waals surface area contributed by atoms with E-state index < -0.39 is 0 Å². The smallest absolute Gasteiger partial charge is 0.241 e. The summed E-state index contributed by atoms with van der Waals surface area (Å²) in [7, 11) is 1.99. The predicted octanol–water partition coefficient (Wildman–Crippen LogP) is 2.51. The van der Waals surface area contributed by atoms with Crippen LogP contribution in [0.4, 0.5) is 5.69 Å². The van der Waals surface area contributed by atoms with Crippen LogP contribution in [0, 0.1) is 0 Å². The molecule has 4 heteroatoms. The summed E-state index contributed by atoms with van der Waals surface area (Å²) in [6.45, 7) is 4.94. The lowest BCUT2D eigenvalue weighted by molar-refractivity contribution is -0.119. The molecule has 1 saturated heterocycles. The van der Waals surface area contributed by atoms with Gasteiger partial charge in [0.15, 0.2) is 0 Å². The minimum Gasteiger partial charge on any atom is -0.489 e. The van der Waals surface area contributed by atoms with Crippen LogP contribution in [-0.2, 0) is 4.79 Å². The van der Waals surface area contributed by atoms with Crippen molar-refractivity contribution in [3.63, 3.8) is 0 Å². The highest BCUT2D eigenvalue weighted by molar-refractivity contribution is 5.96. The Morgan fingerprint density at radius 1 is 1.42 bits per heavy atom. The fourth-order valence-electron chi connectivity index (χ4n) is 2.38. The maximum atomic E-state index is 12.3. The van der Waals surface area contributed by atoms with E-state index in [-0.39, 0.29) is 18.1 Å². The highest BCUT2D eigenvalue weighted by Gasteiger charge is 2.28. The highest BCUT2D eigenvalue weighted by atomic mass is 16.5. The number of amides is 1. The number of nitrogens with one attached hydrogen (secondary N) is 1. The van der Waals surface area contributed by atoms with E-state index in [9.17, 15) is 4.79 Å². The lowest BCUT2D eigenvalue weighted by Gasteiger charge is -2.20. The van der Waals surface area contributed by atoms with E-state index in [4.69, 9.17) is 4.74 Å². The monoisotopic (exact) mass is 262 g/mol.